The molecule has 66 heavy (non-hydrogen) atoms. The van der Waals surface area contributed by atoms with Crippen molar-refractivity contribution >= 4 is 27.6 Å². The molecular weight excluding hydrogens is 898 g/mol. The van der Waals surface area contributed by atoms with E-state index in [1.807, 2.05) is 30.4 Å². The monoisotopic (exact) mass is 981 g/mol. The van der Waals surface area contributed by atoms with E-state index in [0.29, 0.717) is 32.1 Å². The van der Waals surface area contributed by atoms with Gasteiger partial charge in [-0.15, -0.1) is 0 Å². The third-order valence-corrected chi connectivity index (χ3v) is 12.1. The van der Waals surface area contributed by atoms with Crippen molar-refractivity contribution in [1.29, 1.82) is 0 Å². The number of ether oxygens (including phenoxy) is 2. The molecule has 0 bridgehead atoms. The summed E-state index contributed by atoms with van der Waals surface area (Å²) in [6, 6.07) is 0. The number of allylic oxidation sites excluding steroid dienone is 8. The fourth-order valence-corrected chi connectivity index (χ4v) is 8.40. The highest BCUT2D eigenvalue weighted by atomic mass is 31.2. The second kappa shape index (κ2) is 37.5. The molecule has 0 aromatic carbocycles. The van der Waals surface area contributed by atoms with Crippen molar-refractivity contribution in [1.82, 2.24) is 0 Å². The Labute approximate surface area is 392 Å². The fraction of sp³-hybridized carbons (Fsp3) is 0.745. The average Bonchev–Trinajstić information content (AvgIpc) is 3.27. The number of aliphatic hydroxyl groups is 5. The largest absolute Gasteiger partial charge is 0.472 e. The van der Waals surface area contributed by atoms with Crippen LogP contribution in [0.15, 0.2) is 60.8 Å². The van der Waals surface area contributed by atoms with Gasteiger partial charge in [0.05, 0.1) is 12.7 Å². The first kappa shape index (κ1) is 61.7. The molecule has 1 aliphatic carbocycles. The van der Waals surface area contributed by atoms with Crippen molar-refractivity contribution in [3.8, 4) is 0 Å². The van der Waals surface area contributed by atoms with Crippen LogP contribution in [0.4, 0.5) is 0 Å². The Kier molecular flexibility index (Phi) is 35.1. The minimum atomic E-state index is -5.38. The first-order valence-electron chi connectivity index (χ1n) is 23.9. The van der Waals surface area contributed by atoms with E-state index in [4.69, 9.17) is 18.5 Å². The van der Waals surface area contributed by atoms with Crippen LogP contribution in [-0.4, -0.2) is 114 Å². The van der Waals surface area contributed by atoms with E-state index in [-0.39, 0.29) is 12.8 Å². The number of hydrogen-bond donors (Lipinski definition) is 8. The van der Waals surface area contributed by atoms with E-state index < -0.39 is 89.6 Å². The number of phosphoric acid groups is 2. The Morgan fingerprint density at radius 1 is 0.561 bits per heavy atom. The van der Waals surface area contributed by atoms with Crippen LogP contribution in [0.3, 0.4) is 0 Å². The minimum absolute atomic E-state index is 0.0673. The number of carbonyl (C=O) groups excluding carboxylic acids is 2. The molecule has 0 spiro atoms. The van der Waals surface area contributed by atoms with Crippen molar-refractivity contribution in [3.63, 3.8) is 0 Å². The summed E-state index contributed by atoms with van der Waals surface area (Å²) in [5, 5.41) is 51.3. The second-order valence-electron chi connectivity index (χ2n) is 16.7. The van der Waals surface area contributed by atoms with Crippen LogP contribution in [-0.2, 0) is 41.8 Å². The van der Waals surface area contributed by atoms with Crippen LogP contribution in [0.25, 0.3) is 0 Å². The van der Waals surface area contributed by atoms with Crippen LogP contribution in [0.2, 0.25) is 0 Å². The maximum Gasteiger partial charge on any atom is 0.472 e. The van der Waals surface area contributed by atoms with Crippen LogP contribution in [0.5, 0.6) is 0 Å². The Morgan fingerprint density at radius 2 is 1.08 bits per heavy atom. The number of rotatable bonds is 39. The highest BCUT2D eigenvalue weighted by molar-refractivity contribution is 7.47. The fourth-order valence-electron chi connectivity index (χ4n) is 6.86. The molecule has 0 saturated heterocycles. The van der Waals surface area contributed by atoms with Crippen LogP contribution in [0, 0.1) is 0 Å². The summed E-state index contributed by atoms with van der Waals surface area (Å²) in [6.45, 7) is 2.94. The molecule has 382 valence electrons. The lowest BCUT2D eigenvalue weighted by Crippen LogP contribution is -2.64. The molecule has 0 aromatic heterocycles. The Hall–Kier alpha value is -2.34. The number of esters is 2. The topological polar surface area (TPSA) is 276 Å². The predicted octanol–water partition coefficient (Wildman–Crippen LogP) is 8.03. The van der Waals surface area contributed by atoms with Gasteiger partial charge in [0.15, 0.2) is 6.10 Å². The molecule has 17 nitrogen and oxygen atoms in total. The average molecular weight is 981 g/mol. The van der Waals surface area contributed by atoms with Gasteiger partial charge in [-0.25, -0.2) is 9.13 Å². The molecular formula is C47H82O17P2. The normalized spacial score (nSPS) is 22.5. The lowest BCUT2D eigenvalue weighted by Gasteiger charge is -2.43. The van der Waals surface area contributed by atoms with Crippen molar-refractivity contribution in [2.45, 2.75) is 210 Å². The van der Waals surface area contributed by atoms with Crippen molar-refractivity contribution in [2.24, 2.45) is 0 Å². The molecule has 9 atom stereocenters. The Morgan fingerprint density at radius 3 is 1.71 bits per heavy atom. The highest BCUT2D eigenvalue weighted by Crippen LogP contribution is 2.49. The first-order valence-corrected chi connectivity index (χ1v) is 27.0. The standard InChI is InChI=1S/C47H82O17P2/c1-3-5-7-9-11-12-13-14-15-16-17-18-22-26-30-34-40(49)60-36-39(37-61-66(58,59)64-47-44(53)42(51)43(52)46(45(47)54)63-65(55,56)57)62-41(50)35-31-27-23-20-19-21-25-29-33-38(48)32-28-24-10-8-6-4-2/h14-15,20-21,23-25,28-29,33,38-39,42-48,51-54H,3-13,16-19,22,26-27,30-32,34-37H2,1-2H3,(H,58,59)(H2,55,56,57)/b15-14-,23-20-,25-21-,28-24-,33-29+/t38-,39+,42?,43?,44?,45?,46+,47-/m0/s1. The first-order chi connectivity index (χ1) is 31.5. The van der Waals surface area contributed by atoms with E-state index in [1.165, 1.54) is 51.4 Å². The third-order valence-electron chi connectivity index (χ3n) is 10.6. The third kappa shape index (κ3) is 31.7. The zero-order valence-corrected chi connectivity index (χ0v) is 41.0. The van der Waals surface area contributed by atoms with Crippen LogP contribution < -0.4 is 0 Å². The maximum absolute atomic E-state index is 13.0. The van der Waals surface area contributed by atoms with E-state index in [2.05, 4.69) is 36.6 Å². The molecule has 0 aromatic rings. The van der Waals surface area contributed by atoms with E-state index in [9.17, 15) is 58.9 Å². The summed E-state index contributed by atoms with van der Waals surface area (Å²) < 4.78 is 49.3. The summed E-state index contributed by atoms with van der Waals surface area (Å²) in [4.78, 5) is 54.2. The lowest BCUT2D eigenvalue weighted by molar-refractivity contribution is -0.216. The van der Waals surface area contributed by atoms with E-state index >= 15 is 0 Å². The lowest BCUT2D eigenvalue weighted by atomic mass is 9.85. The zero-order valence-electron chi connectivity index (χ0n) is 39.2. The highest BCUT2D eigenvalue weighted by Gasteiger charge is 2.54. The summed E-state index contributed by atoms with van der Waals surface area (Å²) >= 11 is 0. The Bertz CT molecular complexity index is 1530. The molecule has 0 aliphatic heterocycles. The van der Waals surface area contributed by atoms with Crippen molar-refractivity contribution < 1.29 is 82.0 Å². The SMILES string of the molecule is CCCCC/C=C\C[C@H](O)/C=C/C=C\C/C=C\CCCC(=O)O[C@H](COC(=O)CCCCCCC/C=C\CCCCCCCC)COP(=O)(O)O[C@H]1C(O)C(O)C(O)[C@@H](OP(=O)(O)O)C1O. The quantitative estimate of drug-likeness (QED) is 0.00951. The molecule has 5 unspecified atom stereocenters. The van der Waals surface area contributed by atoms with Gasteiger partial charge >= 0.3 is 27.6 Å². The van der Waals surface area contributed by atoms with E-state index in [0.717, 1.165) is 51.4 Å². The van der Waals surface area contributed by atoms with Gasteiger partial charge in [0.25, 0.3) is 0 Å². The molecule has 0 radical (unpaired) electrons. The number of carbonyl (C=O) groups is 2. The number of hydrogen-bond acceptors (Lipinski definition) is 14. The van der Waals surface area contributed by atoms with Crippen molar-refractivity contribution in [2.75, 3.05) is 13.2 Å². The maximum atomic E-state index is 13.0. The number of aliphatic hydroxyl groups excluding tert-OH is 5. The smallest absolute Gasteiger partial charge is 0.462 e. The molecule has 0 heterocycles. The van der Waals surface area contributed by atoms with Gasteiger partial charge in [0.2, 0.25) is 0 Å². The van der Waals surface area contributed by atoms with Gasteiger partial charge in [0, 0.05) is 12.8 Å². The molecule has 1 aliphatic rings. The van der Waals surface area contributed by atoms with Crippen molar-refractivity contribution in [3.05, 3.63) is 60.8 Å². The van der Waals surface area contributed by atoms with Gasteiger partial charge in [-0.05, 0) is 70.6 Å². The van der Waals surface area contributed by atoms with Crippen LogP contribution in [0.1, 0.15) is 162 Å². The number of phosphoric ester groups is 2. The van der Waals surface area contributed by atoms with E-state index in [1.54, 1.807) is 12.2 Å². The molecule has 1 fully saturated rings. The van der Waals surface area contributed by atoms with Gasteiger partial charge in [0.1, 0.15) is 43.2 Å². The van der Waals surface area contributed by atoms with Gasteiger partial charge in [-0.1, -0.05) is 139 Å². The molecule has 1 rings (SSSR count). The minimum Gasteiger partial charge on any atom is -0.462 e. The van der Waals surface area contributed by atoms with Gasteiger partial charge in [-0.2, -0.15) is 0 Å². The molecule has 19 heteroatoms. The molecule has 0 amide bonds. The summed E-state index contributed by atoms with van der Waals surface area (Å²) in [5.74, 6) is -1.32. The van der Waals surface area contributed by atoms with Crippen LogP contribution >= 0.6 is 15.6 Å². The summed E-state index contributed by atoms with van der Waals surface area (Å²) in [7, 11) is -10.7. The zero-order chi connectivity index (χ0) is 49.1. The summed E-state index contributed by atoms with van der Waals surface area (Å²) in [5.41, 5.74) is 0. The second-order valence-corrected chi connectivity index (χ2v) is 19.3. The predicted molar refractivity (Wildman–Crippen MR) is 252 cm³/mol. The molecule has 1 saturated carbocycles. The van der Waals surface area contributed by atoms with Gasteiger partial charge < -0.3 is 49.7 Å². The summed E-state index contributed by atoms with van der Waals surface area (Å²) in [6.07, 6.45) is 24.9. The van der Waals surface area contributed by atoms with Gasteiger partial charge in [-0.3, -0.25) is 23.2 Å². The molecule has 8 N–H and O–H groups in total. The number of unbranched alkanes of at least 4 members (excludes halogenated alkanes) is 15. The Balaban J connectivity index is 2.67.